The number of aromatic nitrogens is 4. The van der Waals surface area contributed by atoms with Gasteiger partial charge >= 0.3 is 0 Å². The van der Waals surface area contributed by atoms with E-state index in [0.717, 1.165) is 11.3 Å². The molecule has 0 aliphatic rings. The van der Waals surface area contributed by atoms with Gasteiger partial charge in [-0.2, -0.15) is 5.10 Å². The fourth-order valence-corrected chi connectivity index (χ4v) is 3.28. The van der Waals surface area contributed by atoms with Gasteiger partial charge in [-0.1, -0.05) is 12.1 Å². The highest BCUT2D eigenvalue weighted by atomic mass is 19.1. The largest absolute Gasteiger partial charge is 0.481 e. The Bertz CT molecular complexity index is 1230. The molecule has 0 radical (unpaired) electrons. The molecular formula is C22H20FN5O2. The topological polar surface area (TPSA) is 81.9 Å². The van der Waals surface area contributed by atoms with Gasteiger partial charge in [0.1, 0.15) is 11.3 Å². The van der Waals surface area contributed by atoms with Crippen molar-refractivity contribution in [3.63, 3.8) is 0 Å². The molecule has 0 saturated heterocycles. The van der Waals surface area contributed by atoms with Gasteiger partial charge in [0.2, 0.25) is 5.88 Å². The summed E-state index contributed by atoms with van der Waals surface area (Å²) in [6.07, 6.45) is 1.57. The molecule has 0 atom stereocenters. The predicted octanol–water partition coefficient (Wildman–Crippen LogP) is 3.89. The zero-order valence-electron chi connectivity index (χ0n) is 16.8. The number of nitrogens with zero attached hydrogens (tertiary/aromatic N) is 4. The zero-order chi connectivity index (χ0) is 21.3. The van der Waals surface area contributed by atoms with Crippen LogP contribution in [0.5, 0.6) is 5.88 Å². The van der Waals surface area contributed by atoms with Gasteiger partial charge in [0.05, 0.1) is 41.8 Å². The fraction of sp³-hybridized carbons (Fsp3) is 0.182. The van der Waals surface area contributed by atoms with Gasteiger partial charge in [0.25, 0.3) is 5.91 Å². The Morgan fingerprint density at radius 1 is 1.13 bits per heavy atom. The Hall–Kier alpha value is -3.81. The van der Waals surface area contributed by atoms with Crippen LogP contribution in [0.4, 0.5) is 10.1 Å². The number of hydrogen-bond acceptors (Lipinski definition) is 5. The Labute approximate surface area is 172 Å². The molecule has 0 spiro atoms. The number of benzene rings is 1. The summed E-state index contributed by atoms with van der Waals surface area (Å²) >= 11 is 0. The number of methoxy groups -OCH3 is 1. The molecule has 1 aromatic carbocycles. The lowest BCUT2D eigenvalue weighted by atomic mass is 10.1. The molecular weight excluding hydrogens is 385 g/mol. The molecule has 0 saturated carbocycles. The quantitative estimate of drug-likeness (QED) is 0.545. The highest BCUT2D eigenvalue weighted by Crippen LogP contribution is 2.24. The molecule has 30 heavy (non-hydrogen) atoms. The van der Waals surface area contributed by atoms with Gasteiger partial charge in [-0.25, -0.2) is 9.37 Å². The van der Waals surface area contributed by atoms with Crippen molar-refractivity contribution in [2.75, 3.05) is 12.4 Å². The van der Waals surface area contributed by atoms with Crippen LogP contribution in [-0.2, 0) is 6.54 Å². The monoisotopic (exact) mass is 405 g/mol. The molecule has 152 valence electrons. The molecule has 0 fully saturated rings. The van der Waals surface area contributed by atoms with E-state index in [0.29, 0.717) is 40.4 Å². The maximum atomic E-state index is 13.1. The van der Waals surface area contributed by atoms with Crippen LogP contribution in [0.15, 0.2) is 48.7 Å². The number of amides is 1. The van der Waals surface area contributed by atoms with E-state index in [4.69, 9.17) is 4.74 Å². The zero-order valence-corrected chi connectivity index (χ0v) is 16.8. The Balaban J connectivity index is 1.63. The lowest BCUT2D eigenvalue weighted by molar-refractivity contribution is 0.102. The third-order valence-corrected chi connectivity index (χ3v) is 4.88. The number of hydrogen-bond donors (Lipinski definition) is 1. The number of nitrogens with one attached hydrogen (secondary N) is 1. The van der Waals surface area contributed by atoms with Gasteiger partial charge < -0.3 is 10.1 Å². The summed E-state index contributed by atoms with van der Waals surface area (Å²) in [6.45, 7) is 4.18. The van der Waals surface area contributed by atoms with Gasteiger partial charge in [-0.05, 0) is 43.7 Å². The molecule has 3 aromatic heterocycles. The molecule has 1 N–H and O–H groups in total. The first-order valence-corrected chi connectivity index (χ1v) is 9.36. The van der Waals surface area contributed by atoms with Crippen LogP contribution in [0.1, 0.15) is 27.3 Å². The van der Waals surface area contributed by atoms with Gasteiger partial charge in [0.15, 0.2) is 0 Å². The summed E-state index contributed by atoms with van der Waals surface area (Å²) in [5, 5.41) is 7.47. The highest BCUT2D eigenvalue weighted by Gasteiger charge is 2.18. The van der Waals surface area contributed by atoms with Crippen LogP contribution >= 0.6 is 0 Å². The van der Waals surface area contributed by atoms with E-state index < -0.39 is 0 Å². The van der Waals surface area contributed by atoms with E-state index in [-0.39, 0.29) is 11.7 Å². The van der Waals surface area contributed by atoms with Gasteiger partial charge in [-0.3, -0.25) is 14.5 Å². The third kappa shape index (κ3) is 3.71. The first-order valence-electron chi connectivity index (χ1n) is 9.36. The number of aryl methyl sites for hydroxylation is 1. The average Bonchev–Trinajstić information content (AvgIpc) is 3.01. The van der Waals surface area contributed by atoms with Gasteiger partial charge in [0, 0.05) is 12.3 Å². The van der Waals surface area contributed by atoms with Crippen LogP contribution in [0.25, 0.3) is 11.0 Å². The van der Waals surface area contributed by atoms with E-state index >= 15 is 0 Å². The van der Waals surface area contributed by atoms with Crippen molar-refractivity contribution in [3.8, 4) is 5.88 Å². The molecule has 0 aliphatic carbocycles. The lowest BCUT2D eigenvalue weighted by Gasteiger charge is -2.09. The van der Waals surface area contributed by atoms with Crippen molar-refractivity contribution >= 4 is 22.6 Å². The molecule has 4 rings (SSSR count). The first kappa shape index (κ1) is 19.5. The van der Waals surface area contributed by atoms with E-state index in [1.54, 1.807) is 41.2 Å². The minimum absolute atomic E-state index is 0.283. The number of fused-ring (bicyclic) bond motifs is 1. The summed E-state index contributed by atoms with van der Waals surface area (Å²) in [5.74, 6) is -0.186. The SMILES string of the molecule is COc1ccc2nccc(C(=O)Nc3c(C)nn(Cc4ccc(F)cc4)c3C)c2n1. The van der Waals surface area contributed by atoms with Crippen molar-refractivity contribution in [2.24, 2.45) is 0 Å². The van der Waals surface area contributed by atoms with Crippen LogP contribution in [0.3, 0.4) is 0 Å². The number of pyridine rings is 2. The molecule has 7 nitrogen and oxygen atoms in total. The van der Waals surface area contributed by atoms with E-state index in [1.807, 2.05) is 13.8 Å². The summed E-state index contributed by atoms with van der Waals surface area (Å²) in [4.78, 5) is 21.7. The second-order valence-electron chi connectivity index (χ2n) is 6.86. The number of anilines is 1. The normalized spacial score (nSPS) is 10.9. The Morgan fingerprint density at radius 3 is 2.63 bits per heavy atom. The minimum atomic E-state index is -0.310. The summed E-state index contributed by atoms with van der Waals surface area (Å²) in [7, 11) is 1.52. The van der Waals surface area contributed by atoms with E-state index in [9.17, 15) is 9.18 Å². The molecule has 8 heteroatoms. The third-order valence-electron chi connectivity index (χ3n) is 4.88. The summed E-state index contributed by atoms with van der Waals surface area (Å²) in [6, 6.07) is 11.3. The number of rotatable bonds is 5. The second kappa shape index (κ2) is 7.90. The summed E-state index contributed by atoms with van der Waals surface area (Å²) < 4.78 is 20.1. The molecule has 0 aliphatic heterocycles. The first-order chi connectivity index (χ1) is 14.5. The van der Waals surface area contributed by atoms with Crippen molar-refractivity contribution < 1.29 is 13.9 Å². The predicted molar refractivity (Wildman–Crippen MR) is 111 cm³/mol. The maximum absolute atomic E-state index is 13.1. The van der Waals surface area contributed by atoms with Gasteiger partial charge in [-0.15, -0.1) is 0 Å². The Morgan fingerprint density at radius 2 is 1.90 bits per heavy atom. The number of carbonyl (C=O) groups is 1. The number of ether oxygens (including phenoxy) is 1. The van der Waals surface area contributed by atoms with Crippen molar-refractivity contribution in [1.29, 1.82) is 0 Å². The van der Waals surface area contributed by atoms with Crippen molar-refractivity contribution in [1.82, 2.24) is 19.7 Å². The summed E-state index contributed by atoms with van der Waals surface area (Å²) in [5.41, 5.74) is 4.49. The number of halogens is 1. The van der Waals surface area contributed by atoms with Crippen molar-refractivity contribution in [3.05, 3.63) is 77.0 Å². The highest BCUT2D eigenvalue weighted by molar-refractivity contribution is 6.11. The van der Waals surface area contributed by atoms with Crippen molar-refractivity contribution in [2.45, 2.75) is 20.4 Å². The molecule has 0 unspecified atom stereocenters. The lowest BCUT2D eigenvalue weighted by Crippen LogP contribution is -2.14. The number of carbonyl (C=O) groups excluding carboxylic acids is 1. The van der Waals surface area contributed by atoms with E-state index in [1.165, 1.54) is 19.2 Å². The minimum Gasteiger partial charge on any atom is -0.481 e. The fourth-order valence-electron chi connectivity index (χ4n) is 3.28. The van der Waals surface area contributed by atoms with Crippen LogP contribution < -0.4 is 10.1 Å². The van der Waals surface area contributed by atoms with Crippen LogP contribution in [0, 0.1) is 19.7 Å². The molecule has 3 heterocycles. The Kier molecular flexibility index (Phi) is 5.14. The van der Waals surface area contributed by atoms with Crippen LogP contribution in [-0.4, -0.2) is 32.8 Å². The standard InChI is InChI=1S/C22H20FN5O2/c1-13-20(14(2)28(27-13)12-15-4-6-16(23)7-5-15)26-22(29)17-10-11-24-18-8-9-19(30-3)25-21(17)18/h4-11H,12H2,1-3H3,(H,26,29). The smallest absolute Gasteiger partial charge is 0.258 e. The second-order valence-corrected chi connectivity index (χ2v) is 6.86. The maximum Gasteiger partial charge on any atom is 0.258 e. The molecule has 0 bridgehead atoms. The van der Waals surface area contributed by atoms with E-state index in [2.05, 4.69) is 20.4 Å². The molecule has 4 aromatic rings. The molecule has 1 amide bonds. The average molecular weight is 405 g/mol. The van der Waals surface area contributed by atoms with Crippen LogP contribution in [0.2, 0.25) is 0 Å².